The third-order valence-corrected chi connectivity index (χ3v) is 10.7. The van der Waals surface area contributed by atoms with E-state index in [1.807, 2.05) is 81.4 Å². The number of benzene rings is 3. The predicted octanol–water partition coefficient (Wildman–Crippen LogP) is 7.88. The fourth-order valence-electron chi connectivity index (χ4n) is 5.72. The molecule has 0 saturated heterocycles. The molecule has 3 unspecified atom stereocenters. The Balaban J connectivity index is 0.961. The Hall–Kier alpha value is -6.35. The quantitative estimate of drug-likeness (QED) is 0.0914. The summed E-state index contributed by atoms with van der Waals surface area (Å²) in [5, 5.41) is 27.8. The van der Waals surface area contributed by atoms with Crippen molar-refractivity contribution in [2.45, 2.75) is 45.1 Å². The van der Waals surface area contributed by atoms with E-state index >= 15 is 0 Å². The average Bonchev–Trinajstić information content (AvgIpc) is 3.80. The predicted molar refractivity (Wildman–Crippen MR) is 209 cm³/mol. The highest BCUT2D eigenvalue weighted by atomic mass is 32.1. The number of carbonyl (C=O) groups is 1. The minimum absolute atomic E-state index is 0.211. The number of ether oxygens (including phenoxy) is 1. The van der Waals surface area contributed by atoms with Crippen LogP contribution in [0.2, 0.25) is 0 Å². The first kappa shape index (κ1) is 36.0. The lowest BCUT2D eigenvalue weighted by Crippen LogP contribution is -2.44. The first-order chi connectivity index (χ1) is 26.2. The molecule has 4 aromatic heterocycles. The van der Waals surface area contributed by atoms with Gasteiger partial charge in [0.1, 0.15) is 33.6 Å². The van der Waals surface area contributed by atoms with Crippen LogP contribution in [0.1, 0.15) is 59.6 Å². The molecule has 7 aromatic rings. The number of thiazole rings is 2. The normalized spacial score (nSPS) is 13.1. The summed E-state index contributed by atoms with van der Waals surface area (Å²) in [5.41, 5.74) is 3.20. The Morgan fingerprint density at radius 3 is 1.81 bits per heavy atom. The fourth-order valence-corrected chi connectivity index (χ4v) is 7.77. The zero-order chi connectivity index (χ0) is 37.7. The van der Waals surface area contributed by atoms with Crippen molar-refractivity contribution in [3.8, 4) is 17.9 Å². The molecule has 0 amide bonds. The van der Waals surface area contributed by atoms with E-state index in [1.165, 1.54) is 22.7 Å². The molecule has 0 bridgehead atoms. The van der Waals surface area contributed by atoms with Crippen LogP contribution in [0, 0.1) is 28.1 Å². The lowest BCUT2D eigenvalue weighted by atomic mass is 9.87. The van der Waals surface area contributed by atoms with E-state index < -0.39 is 29.3 Å². The van der Waals surface area contributed by atoms with Gasteiger partial charge in [0.2, 0.25) is 11.9 Å². The summed E-state index contributed by atoms with van der Waals surface area (Å²) < 4.78 is 7.84. The zero-order valence-electron chi connectivity index (χ0n) is 29.6. The number of carbonyl (C=O) groups excluding carboxylic acids is 1. The van der Waals surface area contributed by atoms with Gasteiger partial charge in [-0.25, -0.2) is 34.7 Å². The maximum absolute atomic E-state index is 13.6. The SMILES string of the molecule is CC(C)(C)C(Nc1nccc(C(C#N)c2nc3ccccc3s2)n1)C(=O)Oc1ccc(CCNc2nccc(C(C#N)c3nc4ccccc4s3)n2)cc1. The summed E-state index contributed by atoms with van der Waals surface area (Å²) in [5.74, 6) is -0.747. The fraction of sp³-hybridized carbons (Fsp3) is 0.225. The van der Waals surface area contributed by atoms with E-state index in [9.17, 15) is 15.3 Å². The molecule has 0 aliphatic carbocycles. The first-order valence-corrected chi connectivity index (χ1v) is 18.8. The molecular weight excluding hydrogens is 717 g/mol. The third kappa shape index (κ3) is 8.15. The number of hydrogen-bond acceptors (Lipinski definition) is 14. The third-order valence-electron chi connectivity index (χ3n) is 8.53. The molecule has 3 aromatic carbocycles. The van der Waals surface area contributed by atoms with E-state index in [0.717, 1.165) is 26.0 Å². The molecule has 4 heterocycles. The molecule has 0 fully saturated rings. The van der Waals surface area contributed by atoms with Gasteiger partial charge in [0, 0.05) is 18.9 Å². The highest BCUT2D eigenvalue weighted by molar-refractivity contribution is 7.19. The van der Waals surface area contributed by atoms with Crippen LogP contribution in [0.25, 0.3) is 20.4 Å². The number of nitriles is 2. The van der Waals surface area contributed by atoms with Crippen molar-refractivity contribution < 1.29 is 9.53 Å². The smallest absolute Gasteiger partial charge is 0.334 e. The van der Waals surface area contributed by atoms with Gasteiger partial charge in [0.15, 0.2) is 0 Å². The molecular formula is C40H34N10O2S2. The molecule has 2 N–H and O–H groups in total. The number of para-hydroxylation sites is 2. The van der Waals surface area contributed by atoms with Crippen LogP contribution in [-0.4, -0.2) is 48.5 Å². The Bertz CT molecular complexity index is 2450. The minimum Gasteiger partial charge on any atom is -0.425 e. The molecule has 54 heavy (non-hydrogen) atoms. The van der Waals surface area contributed by atoms with Crippen molar-refractivity contribution in [1.29, 1.82) is 10.5 Å². The molecule has 0 saturated carbocycles. The number of esters is 1. The number of aromatic nitrogens is 6. The number of fused-ring (bicyclic) bond motifs is 2. The molecule has 3 atom stereocenters. The van der Waals surface area contributed by atoms with Crippen LogP contribution < -0.4 is 15.4 Å². The van der Waals surface area contributed by atoms with Crippen LogP contribution in [0.3, 0.4) is 0 Å². The maximum atomic E-state index is 13.6. The highest BCUT2D eigenvalue weighted by Crippen LogP contribution is 2.33. The summed E-state index contributed by atoms with van der Waals surface area (Å²) >= 11 is 2.94. The number of nitrogens with zero attached hydrogens (tertiary/aromatic N) is 8. The highest BCUT2D eigenvalue weighted by Gasteiger charge is 2.34. The standard InChI is InChI=1S/C40H34N10O2S2/c1-40(2,3)34(50-39-45-21-18-29(49-39)27(23-42)36-47-31-9-5-7-11-33(31)54-36)37(51)52-25-14-12-24(13-15-25)16-19-43-38-44-20-17-28(48-38)26(22-41)35-46-30-8-4-6-10-32(30)53-35/h4-15,17-18,20-21,26-27,34H,16,19H2,1-3H3,(H,43,44,48)(H,45,49,50). The molecule has 0 spiro atoms. The van der Waals surface area contributed by atoms with Crippen LogP contribution in [0.4, 0.5) is 11.9 Å². The number of nitrogens with one attached hydrogen (secondary N) is 2. The zero-order valence-corrected chi connectivity index (χ0v) is 31.2. The van der Waals surface area contributed by atoms with Crippen molar-refractivity contribution >= 4 is 61.0 Å². The Labute approximate surface area is 319 Å². The Kier molecular flexibility index (Phi) is 10.5. The van der Waals surface area contributed by atoms with Crippen LogP contribution in [0.5, 0.6) is 5.75 Å². The van der Waals surface area contributed by atoms with Gasteiger partial charge in [-0.05, 0) is 65.9 Å². The lowest BCUT2D eigenvalue weighted by molar-refractivity contribution is -0.137. The summed E-state index contributed by atoms with van der Waals surface area (Å²) in [7, 11) is 0. The van der Waals surface area contributed by atoms with Crippen molar-refractivity contribution in [1.82, 2.24) is 29.9 Å². The maximum Gasteiger partial charge on any atom is 0.334 e. The molecule has 0 radical (unpaired) electrons. The van der Waals surface area contributed by atoms with Crippen LogP contribution in [0.15, 0.2) is 97.3 Å². The molecule has 0 aliphatic rings. The van der Waals surface area contributed by atoms with Crippen molar-refractivity contribution in [2.75, 3.05) is 17.2 Å². The largest absolute Gasteiger partial charge is 0.425 e. The van der Waals surface area contributed by atoms with Gasteiger partial charge in [0.25, 0.3) is 0 Å². The second kappa shape index (κ2) is 15.7. The van der Waals surface area contributed by atoms with Crippen LogP contribution in [-0.2, 0) is 11.2 Å². The number of rotatable bonds is 12. The first-order valence-electron chi connectivity index (χ1n) is 17.2. The van der Waals surface area contributed by atoms with Crippen molar-refractivity contribution in [3.05, 3.63) is 124 Å². The molecule has 0 aliphatic heterocycles. The number of hydrogen-bond donors (Lipinski definition) is 2. The van der Waals surface area contributed by atoms with Gasteiger partial charge in [0.05, 0.1) is 44.0 Å². The summed E-state index contributed by atoms with van der Waals surface area (Å²) in [6.07, 6.45) is 3.86. The van der Waals surface area contributed by atoms with E-state index in [-0.39, 0.29) is 5.95 Å². The van der Waals surface area contributed by atoms with Gasteiger partial charge in [-0.3, -0.25) is 0 Å². The second-order valence-corrected chi connectivity index (χ2v) is 15.6. The van der Waals surface area contributed by atoms with Crippen molar-refractivity contribution in [3.63, 3.8) is 0 Å². The lowest BCUT2D eigenvalue weighted by Gasteiger charge is -2.29. The van der Waals surface area contributed by atoms with E-state index in [2.05, 4.69) is 52.7 Å². The van der Waals surface area contributed by atoms with Gasteiger partial charge < -0.3 is 15.4 Å². The summed E-state index contributed by atoms with van der Waals surface area (Å²) in [6.45, 7) is 6.31. The second-order valence-electron chi connectivity index (χ2n) is 13.5. The van der Waals surface area contributed by atoms with Crippen LogP contribution >= 0.6 is 22.7 Å². The average molecular weight is 751 g/mol. The van der Waals surface area contributed by atoms with E-state index in [0.29, 0.717) is 46.1 Å². The minimum atomic E-state index is -0.800. The van der Waals surface area contributed by atoms with E-state index in [4.69, 9.17) is 4.74 Å². The summed E-state index contributed by atoms with van der Waals surface area (Å²) in [6, 6.07) is 30.1. The van der Waals surface area contributed by atoms with Gasteiger partial charge >= 0.3 is 5.97 Å². The van der Waals surface area contributed by atoms with E-state index in [1.54, 1.807) is 36.7 Å². The molecule has 268 valence electrons. The Morgan fingerprint density at radius 2 is 1.28 bits per heavy atom. The van der Waals surface area contributed by atoms with Gasteiger partial charge in [-0.15, -0.1) is 22.7 Å². The Morgan fingerprint density at radius 1 is 0.741 bits per heavy atom. The molecule has 7 rings (SSSR count). The summed E-state index contributed by atoms with van der Waals surface area (Å²) in [4.78, 5) is 40.8. The molecule has 14 heteroatoms. The molecule has 12 nitrogen and oxygen atoms in total. The number of anilines is 2. The van der Waals surface area contributed by atoms with Gasteiger partial charge in [-0.2, -0.15) is 10.5 Å². The van der Waals surface area contributed by atoms with Gasteiger partial charge in [-0.1, -0.05) is 57.2 Å². The monoisotopic (exact) mass is 750 g/mol. The topological polar surface area (TPSA) is 175 Å². The van der Waals surface area contributed by atoms with Crippen molar-refractivity contribution in [2.24, 2.45) is 5.41 Å².